The van der Waals surface area contributed by atoms with Crippen molar-refractivity contribution in [1.29, 1.82) is 0 Å². The lowest BCUT2D eigenvalue weighted by Crippen LogP contribution is -2.62. The number of aliphatic hydroxyl groups is 1. The molecule has 1 aliphatic rings. The van der Waals surface area contributed by atoms with E-state index in [4.69, 9.17) is 33.8 Å². The van der Waals surface area contributed by atoms with Gasteiger partial charge in [0, 0.05) is 44.2 Å². The molecule has 0 unspecified atom stereocenters. The van der Waals surface area contributed by atoms with Gasteiger partial charge in [0.15, 0.2) is 0 Å². The summed E-state index contributed by atoms with van der Waals surface area (Å²) >= 11 is 4.28. The number of carboxylic acid groups (broad SMARTS) is 2. The van der Waals surface area contributed by atoms with Crippen molar-refractivity contribution in [3.8, 4) is 5.75 Å². The Morgan fingerprint density at radius 1 is 0.469 bits per heavy atom. The van der Waals surface area contributed by atoms with Gasteiger partial charge in [0.25, 0.3) is 0 Å². The second-order valence-electron chi connectivity index (χ2n) is 32.4. The minimum atomic E-state index is -1.97. The SMILES string of the molecule is CC(C)C[C@H](NC(=O)CN)C(=O)N[C@@H](CS)C(=O)N[C@@H](Cc1c[nH]cn1)C(=O)N1CCC[C@H]1C(=O)N[C@@H](CCC(N)=O)C(=O)N[C@H](C(=O)N[C@@H](CCCCN)C(=O)N[C@H](C(=O)NCC(=O)N[C@@H](CC(N)=O)C(=O)N[C@@H](CCC(=O)O)C(=O)N[C@@H](Cc1ccc(O)cc1)C(=O)N[C@H](C(=O)N[C@H](C(=O)N[C@@H](CCCCN)C(=O)NCC(=O)O)[C@@H](C)O)C(C)C)C(C)C)C(C)C. The molecule has 0 saturated carbocycles. The Hall–Kier alpha value is -12.2. The van der Waals surface area contributed by atoms with Gasteiger partial charge in [-0.05, 0) is 132 Å². The fourth-order valence-electron chi connectivity index (χ4n) is 13.3. The molecule has 48 heteroatoms. The molecular weight excluding hydrogens is 1700 g/mol. The zero-order chi connectivity index (χ0) is 96.4. The maximum Gasteiger partial charge on any atom is 0.322 e. The molecule has 0 spiro atoms. The molecule has 714 valence electrons. The summed E-state index contributed by atoms with van der Waals surface area (Å²) in [4.78, 5) is 280. The normalized spacial score (nSPS) is 15.7. The van der Waals surface area contributed by atoms with Gasteiger partial charge in [-0.15, -0.1) is 0 Å². The Labute approximate surface area is 745 Å². The minimum absolute atomic E-state index is 0.0205. The Morgan fingerprint density at radius 3 is 1.41 bits per heavy atom. The molecule has 1 aromatic heterocycles. The van der Waals surface area contributed by atoms with Crippen LogP contribution in [0.3, 0.4) is 0 Å². The summed E-state index contributed by atoms with van der Waals surface area (Å²) in [6.07, 6.45) is -1.37. The van der Waals surface area contributed by atoms with Crippen LogP contribution < -0.4 is 108 Å². The number of aromatic amines is 1. The van der Waals surface area contributed by atoms with Crippen LogP contribution in [0, 0.1) is 23.7 Å². The molecule has 2 heterocycles. The highest BCUT2D eigenvalue weighted by atomic mass is 32.1. The van der Waals surface area contributed by atoms with Crippen LogP contribution in [0.25, 0.3) is 0 Å². The number of carboxylic acids is 2. The van der Waals surface area contributed by atoms with E-state index in [-0.39, 0.29) is 87.6 Å². The van der Waals surface area contributed by atoms with Crippen LogP contribution in [0.15, 0.2) is 36.8 Å². The molecule has 1 aromatic carbocycles. The molecule has 0 radical (unpaired) electrons. The van der Waals surface area contributed by atoms with Crippen LogP contribution in [-0.4, -0.2) is 289 Å². The van der Waals surface area contributed by atoms with Crippen molar-refractivity contribution in [1.82, 2.24) is 94.6 Å². The molecule has 128 heavy (non-hydrogen) atoms. The number of primary amides is 2. The van der Waals surface area contributed by atoms with Crippen LogP contribution in [0.5, 0.6) is 5.75 Å². The number of hydrogen-bond donors (Lipinski definition) is 26. The summed E-state index contributed by atoms with van der Waals surface area (Å²) in [7, 11) is 0. The molecule has 1 aliphatic heterocycles. The molecule has 1 saturated heterocycles. The van der Waals surface area contributed by atoms with Gasteiger partial charge in [-0.2, -0.15) is 12.6 Å². The van der Waals surface area contributed by atoms with Crippen molar-refractivity contribution in [2.45, 2.75) is 256 Å². The monoisotopic (exact) mass is 1830 g/mol. The summed E-state index contributed by atoms with van der Waals surface area (Å²) in [6.45, 7) is 11.9. The molecular formula is C80H129N23O24S. The number of phenols is 1. The maximum absolute atomic E-state index is 14.7. The Kier molecular flexibility index (Phi) is 48.2. The van der Waals surface area contributed by atoms with E-state index in [0.717, 1.165) is 6.92 Å². The number of aliphatic hydroxyl groups excluding tert-OH is 1. The predicted octanol–water partition coefficient (Wildman–Crippen LogP) is -7.94. The molecule has 3 rings (SSSR count). The highest BCUT2D eigenvalue weighted by Gasteiger charge is 2.43. The summed E-state index contributed by atoms with van der Waals surface area (Å²) < 4.78 is 0. The van der Waals surface area contributed by atoms with Gasteiger partial charge in [-0.25, -0.2) is 4.98 Å². The van der Waals surface area contributed by atoms with Gasteiger partial charge in [-0.1, -0.05) is 67.5 Å². The number of benzene rings is 1. The van der Waals surface area contributed by atoms with Crippen LogP contribution in [0.4, 0.5) is 0 Å². The Bertz CT molecular complexity index is 4120. The fraction of sp³-hybridized carbons (Fsp3) is 0.637. The predicted molar refractivity (Wildman–Crippen MR) is 461 cm³/mol. The third kappa shape index (κ3) is 39.0. The molecule has 2 aromatic rings. The van der Waals surface area contributed by atoms with Crippen molar-refractivity contribution < 1.29 is 116 Å². The standard InChI is InChI=1S/C80H129N23O24S/c1-39(2)29-51(90-59(108)33-83)71(118)98-55(37-128)74(121)97-54(31-45-34-86-38-89-45)80(127)103-28-14-17-56(103)75(122)93-49(22-24-57(84)106)70(117)100-64(41(5)6)77(124)95-48(16-11-13-27-82)69(116)99-63(40(3)4)76(123)87-35-60(109)91-53(32-58(85)107)72(119)92-50(23-25-61(110)111)68(115)96-52(30-44-18-20-46(105)21-19-44)73(120)101-65(42(7)8)78(125)102-66(43(9)104)79(126)94-47(15-10-12-26-81)67(114)88-36-62(112)113/h18-21,34,38-43,47-56,63-66,104-105,128H,10-17,22-33,35-37,81-83H2,1-9H3,(H2,84,106)(H2,85,107)(H,86,89)(H,87,123)(H,88,114)(H,90,108)(H,91,109)(H,92,119)(H,93,122)(H,94,126)(H,95,124)(H,96,115)(H,97,121)(H,98,118)(H,99,116)(H,100,117)(H,101,120)(H,102,125)(H,110,111)(H,112,113)/t43-,47+,48+,49+,50+,51+,52+,53+,54+,55+,56+,63+,64+,65+,66+/m1/s1. The van der Waals surface area contributed by atoms with Crippen LogP contribution in [0.1, 0.15) is 163 Å². The third-order valence-corrected chi connectivity index (χ3v) is 20.6. The number of nitrogens with two attached hydrogens (primary N) is 5. The number of thiol groups is 1. The first-order valence-electron chi connectivity index (χ1n) is 42.2. The van der Waals surface area contributed by atoms with Crippen molar-refractivity contribution in [2.75, 3.05) is 45.0 Å². The zero-order valence-electron chi connectivity index (χ0n) is 73.4. The summed E-state index contributed by atoms with van der Waals surface area (Å²) in [5.74, 6) is -23.6. The van der Waals surface area contributed by atoms with Gasteiger partial charge in [0.1, 0.15) is 96.9 Å². The second-order valence-corrected chi connectivity index (χ2v) is 32.8. The highest BCUT2D eigenvalue weighted by Crippen LogP contribution is 2.22. The van der Waals surface area contributed by atoms with E-state index in [1.54, 1.807) is 0 Å². The van der Waals surface area contributed by atoms with Crippen molar-refractivity contribution in [3.63, 3.8) is 0 Å². The molecule has 30 N–H and O–H groups in total. The number of rotatable bonds is 59. The van der Waals surface area contributed by atoms with E-state index in [9.17, 15) is 111 Å². The van der Waals surface area contributed by atoms with Crippen molar-refractivity contribution in [2.24, 2.45) is 52.3 Å². The highest BCUT2D eigenvalue weighted by molar-refractivity contribution is 7.80. The summed E-state index contributed by atoms with van der Waals surface area (Å²) in [6, 6.07) is -16.4. The number of H-pyrrole nitrogens is 1. The van der Waals surface area contributed by atoms with E-state index in [0.29, 0.717) is 25.0 Å². The lowest BCUT2D eigenvalue weighted by molar-refractivity contribution is -0.142. The largest absolute Gasteiger partial charge is 0.508 e. The number of aliphatic carboxylic acids is 2. The number of amides is 18. The molecule has 0 aliphatic carbocycles. The van der Waals surface area contributed by atoms with Crippen LogP contribution in [-0.2, 0) is 109 Å². The molecule has 18 amide bonds. The van der Waals surface area contributed by atoms with E-state index >= 15 is 0 Å². The van der Waals surface area contributed by atoms with Gasteiger partial charge in [0.2, 0.25) is 106 Å². The van der Waals surface area contributed by atoms with Gasteiger partial charge in [0.05, 0.1) is 37.6 Å². The number of aromatic hydroxyl groups is 1. The van der Waals surface area contributed by atoms with E-state index in [1.165, 1.54) is 83.2 Å². The van der Waals surface area contributed by atoms with Gasteiger partial charge < -0.3 is 139 Å². The van der Waals surface area contributed by atoms with Crippen LogP contribution >= 0.6 is 12.6 Å². The average Bonchev–Trinajstić information content (AvgIpc) is 1.58. The van der Waals surface area contributed by atoms with E-state index < -0.39 is 285 Å². The first kappa shape index (κ1) is 110. The fourth-order valence-corrected chi connectivity index (χ4v) is 13.5. The summed E-state index contributed by atoms with van der Waals surface area (Å²) in [5.41, 5.74) is 28.5. The minimum Gasteiger partial charge on any atom is -0.508 e. The quantitative estimate of drug-likeness (QED) is 0.0216. The number of likely N-dealkylation sites (tertiary alicyclic amines) is 1. The third-order valence-electron chi connectivity index (χ3n) is 20.2. The van der Waals surface area contributed by atoms with Gasteiger partial charge in [-0.3, -0.25) is 95.9 Å². The first-order valence-corrected chi connectivity index (χ1v) is 42.8. The van der Waals surface area contributed by atoms with Crippen molar-refractivity contribution in [3.05, 3.63) is 48.0 Å². The Balaban J connectivity index is 1.87. The smallest absolute Gasteiger partial charge is 0.322 e. The van der Waals surface area contributed by atoms with Crippen molar-refractivity contribution >= 4 is 131 Å². The Morgan fingerprint density at radius 2 is 0.914 bits per heavy atom. The zero-order valence-corrected chi connectivity index (χ0v) is 74.3. The van der Waals surface area contributed by atoms with E-state index in [1.807, 2.05) is 13.8 Å². The number of hydrogen-bond acceptors (Lipinski definition) is 27. The number of nitrogens with zero attached hydrogens (tertiary/aromatic N) is 2. The topological polar surface area (TPSA) is 765 Å². The maximum atomic E-state index is 14.7. The number of carbonyl (C=O) groups excluding carboxylic acids is 18. The summed E-state index contributed by atoms with van der Waals surface area (Å²) in [5, 5.41) is 76.5. The molecule has 1 fully saturated rings. The number of unbranched alkanes of at least 4 members (excludes halogenated alkanes) is 2. The number of aromatic nitrogens is 2. The second kappa shape index (κ2) is 56.1. The van der Waals surface area contributed by atoms with Crippen LogP contribution in [0.2, 0.25) is 0 Å². The first-order chi connectivity index (χ1) is 60.2. The number of phenolic OH excluding ortho intramolecular Hbond substituents is 1. The lowest BCUT2D eigenvalue weighted by Gasteiger charge is -2.31. The molecule has 47 nitrogen and oxygen atoms in total. The average molecular weight is 1830 g/mol. The lowest BCUT2D eigenvalue weighted by atomic mass is 9.99. The number of carbonyl (C=O) groups is 20. The molecule has 15 atom stereocenters. The molecule has 0 bridgehead atoms. The number of nitrogens with one attached hydrogen (secondary N) is 16. The van der Waals surface area contributed by atoms with Gasteiger partial charge >= 0.3 is 11.9 Å². The van der Waals surface area contributed by atoms with E-state index in [2.05, 4.69) is 102 Å². The number of imidazole rings is 1.